The van der Waals surface area contributed by atoms with Crippen molar-refractivity contribution in [1.82, 2.24) is 8.61 Å². The van der Waals surface area contributed by atoms with Crippen molar-refractivity contribution in [3.63, 3.8) is 0 Å². The molecule has 2 amide bonds. The van der Waals surface area contributed by atoms with Crippen molar-refractivity contribution in [3.8, 4) is 0 Å². The molecule has 1 N–H and O–H groups in total. The first-order valence-corrected chi connectivity index (χ1v) is 18.5. The van der Waals surface area contributed by atoms with Gasteiger partial charge in [-0.1, -0.05) is 53.7 Å². The number of hydrogen-bond donors (Lipinski definition) is 1. The summed E-state index contributed by atoms with van der Waals surface area (Å²) in [5, 5.41) is 10.1. The van der Waals surface area contributed by atoms with E-state index in [9.17, 15) is 31.5 Å². The van der Waals surface area contributed by atoms with E-state index in [1.54, 1.807) is 26.8 Å². The molecular weight excluding hydrogens is 564 g/mol. The number of rotatable bonds is 4. The summed E-state index contributed by atoms with van der Waals surface area (Å²) in [6, 6.07) is -0.294. The van der Waals surface area contributed by atoms with E-state index in [1.165, 1.54) is 10.4 Å². The van der Waals surface area contributed by atoms with Gasteiger partial charge in [0.1, 0.15) is 0 Å². The smallest absolute Gasteiger partial charge is 0.242 e. The number of aliphatic hydroxyl groups excluding tert-OH is 1. The first kappa shape index (κ1) is 31.0. The van der Waals surface area contributed by atoms with Gasteiger partial charge < -0.3 is 5.11 Å². The lowest BCUT2D eigenvalue weighted by molar-refractivity contribution is -0.135. The molecular formula is C30H48N2O7S2. The first-order chi connectivity index (χ1) is 18.8. The van der Waals surface area contributed by atoms with E-state index in [0.29, 0.717) is 11.8 Å². The van der Waals surface area contributed by atoms with Gasteiger partial charge in [-0.05, 0) is 68.1 Å². The van der Waals surface area contributed by atoms with Crippen LogP contribution in [0.2, 0.25) is 0 Å². The van der Waals surface area contributed by atoms with Crippen LogP contribution in [0.3, 0.4) is 0 Å². The standard InChI is InChI=1S/C17H27NO4S.C13H21NO3S/c1-5-6-13(19)11(2)15(20)18-14-9-12-7-8-17(14,16(12,3)4)10-23(18,21)22;1-4-11(15)14-10-7-9-5-6-13(10,12(9,2)3)8-18(14,16)17/h5-6,11-14,19H,7-10H2,1-4H3;9-10H,4-8H2,1-3H3/b6-5+;/t11-,12?,13-,14+,17+;9?,10-,13-/m10/s1. The van der Waals surface area contributed by atoms with E-state index in [-0.39, 0.29) is 57.6 Å². The Morgan fingerprint density at radius 1 is 0.878 bits per heavy atom. The fraction of sp³-hybridized carbons (Fsp3) is 0.867. The number of sulfonamides is 2. The van der Waals surface area contributed by atoms with Crippen molar-refractivity contribution < 1.29 is 31.5 Å². The van der Waals surface area contributed by atoms with E-state index in [0.717, 1.165) is 42.8 Å². The van der Waals surface area contributed by atoms with Crippen molar-refractivity contribution in [2.24, 2.45) is 39.4 Å². The van der Waals surface area contributed by atoms with Gasteiger partial charge in [0.05, 0.1) is 35.6 Å². The Balaban J connectivity index is 0.000000169. The number of carbonyl (C=O) groups excluding carboxylic acids is 2. The van der Waals surface area contributed by atoms with E-state index < -0.39 is 38.0 Å². The second-order valence-corrected chi connectivity index (χ2v) is 18.4. The Labute approximate surface area is 246 Å². The molecule has 6 fully saturated rings. The van der Waals surface area contributed by atoms with E-state index >= 15 is 0 Å². The van der Waals surface area contributed by atoms with Crippen LogP contribution < -0.4 is 0 Å². The van der Waals surface area contributed by atoms with E-state index in [2.05, 4.69) is 27.7 Å². The summed E-state index contributed by atoms with van der Waals surface area (Å²) in [5.74, 6) is -0.120. The van der Waals surface area contributed by atoms with Gasteiger partial charge in [0, 0.05) is 17.3 Å². The summed E-state index contributed by atoms with van der Waals surface area (Å²) in [7, 11) is -6.99. The Hall–Kier alpha value is -1.46. The molecule has 4 bridgehead atoms. The van der Waals surface area contributed by atoms with Crippen LogP contribution >= 0.6 is 0 Å². The molecule has 4 saturated carbocycles. The molecule has 9 nitrogen and oxygen atoms in total. The highest BCUT2D eigenvalue weighted by molar-refractivity contribution is 7.90. The van der Waals surface area contributed by atoms with Crippen LogP contribution in [0.4, 0.5) is 0 Å². The Morgan fingerprint density at radius 3 is 1.73 bits per heavy atom. The largest absolute Gasteiger partial charge is 0.388 e. The minimum absolute atomic E-state index is 0.0491. The zero-order valence-electron chi connectivity index (χ0n) is 25.6. The molecule has 0 aromatic carbocycles. The second-order valence-electron chi connectivity index (χ2n) is 14.7. The lowest BCUT2D eigenvalue weighted by Gasteiger charge is -2.37. The van der Waals surface area contributed by atoms with Crippen LogP contribution in [-0.4, -0.2) is 72.1 Å². The fourth-order valence-corrected chi connectivity index (χ4v) is 15.3. The molecule has 6 aliphatic rings. The minimum atomic E-state index is -3.61. The monoisotopic (exact) mass is 612 g/mol. The number of allylic oxidation sites excluding steroid dienone is 1. The number of nitrogens with zero attached hydrogens (tertiary/aromatic N) is 2. The van der Waals surface area contributed by atoms with Crippen LogP contribution in [-0.2, 0) is 29.6 Å². The van der Waals surface area contributed by atoms with Crippen LogP contribution in [0.5, 0.6) is 0 Å². The molecule has 2 saturated heterocycles. The average molecular weight is 613 g/mol. The summed E-state index contributed by atoms with van der Waals surface area (Å²) < 4.78 is 52.6. The van der Waals surface area contributed by atoms with Gasteiger partial charge in [-0.2, -0.15) is 0 Å². The Bertz CT molecular complexity index is 1370. The Kier molecular flexibility index (Phi) is 7.19. The van der Waals surface area contributed by atoms with Crippen molar-refractivity contribution >= 4 is 31.9 Å². The quantitative estimate of drug-likeness (QED) is 0.480. The number of aliphatic hydroxyl groups is 1. The zero-order valence-corrected chi connectivity index (χ0v) is 27.2. The predicted molar refractivity (Wildman–Crippen MR) is 156 cm³/mol. The molecule has 2 heterocycles. The number of hydrogen-bond acceptors (Lipinski definition) is 7. The van der Waals surface area contributed by atoms with Crippen LogP contribution in [0.25, 0.3) is 0 Å². The number of carbonyl (C=O) groups is 2. The molecule has 2 spiro atoms. The van der Waals surface area contributed by atoms with E-state index in [4.69, 9.17) is 0 Å². The maximum atomic E-state index is 12.9. The van der Waals surface area contributed by atoms with Gasteiger partial charge in [0.15, 0.2) is 0 Å². The normalized spacial score (nSPS) is 41.2. The third-order valence-corrected chi connectivity index (χ3v) is 16.7. The molecule has 0 radical (unpaired) electrons. The molecule has 4 aliphatic carbocycles. The van der Waals surface area contributed by atoms with Crippen LogP contribution in [0.1, 0.15) is 93.4 Å². The number of amides is 2. The van der Waals surface area contributed by atoms with E-state index in [1.807, 2.05) is 0 Å². The molecule has 0 aromatic heterocycles. The highest BCUT2D eigenvalue weighted by Crippen LogP contribution is 2.71. The van der Waals surface area contributed by atoms with Gasteiger partial charge in [-0.15, -0.1) is 0 Å². The van der Waals surface area contributed by atoms with Crippen molar-refractivity contribution in [3.05, 3.63) is 12.2 Å². The molecule has 2 aliphatic heterocycles. The summed E-state index contributed by atoms with van der Waals surface area (Å²) in [6.07, 6.45) is 8.18. The maximum absolute atomic E-state index is 12.9. The van der Waals surface area contributed by atoms with Gasteiger partial charge in [-0.25, -0.2) is 25.4 Å². The van der Waals surface area contributed by atoms with Crippen LogP contribution in [0, 0.1) is 39.4 Å². The average Bonchev–Trinajstić information content (AvgIpc) is 3.57. The molecule has 0 aromatic rings. The van der Waals surface area contributed by atoms with Crippen LogP contribution in [0.15, 0.2) is 12.2 Å². The fourth-order valence-electron chi connectivity index (χ4n) is 10.1. The highest BCUT2D eigenvalue weighted by atomic mass is 32.2. The molecule has 232 valence electrons. The van der Waals surface area contributed by atoms with Gasteiger partial charge >= 0.3 is 0 Å². The van der Waals surface area contributed by atoms with Gasteiger partial charge in [-0.3, -0.25) is 9.59 Å². The second kappa shape index (κ2) is 9.52. The minimum Gasteiger partial charge on any atom is -0.388 e. The molecule has 41 heavy (non-hydrogen) atoms. The third kappa shape index (κ3) is 3.99. The lowest BCUT2D eigenvalue weighted by atomic mass is 9.69. The van der Waals surface area contributed by atoms with Gasteiger partial charge in [0.2, 0.25) is 31.9 Å². The lowest BCUT2D eigenvalue weighted by Crippen LogP contribution is -2.47. The zero-order chi connectivity index (χ0) is 30.6. The van der Waals surface area contributed by atoms with Gasteiger partial charge in [0.25, 0.3) is 0 Å². The first-order valence-electron chi connectivity index (χ1n) is 15.3. The van der Waals surface area contributed by atoms with Crippen molar-refractivity contribution in [1.29, 1.82) is 0 Å². The molecule has 11 heteroatoms. The summed E-state index contributed by atoms with van der Waals surface area (Å²) in [6.45, 7) is 13.8. The molecule has 2 unspecified atom stereocenters. The topological polar surface area (TPSA) is 129 Å². The number of fused-ring (bicyclic) bond motifs is 2. The summed E-state index contributed by atoms with van der Waals surface area (Å²) in [5.41, 5.74) is -0.489. The van der Waals surface area contributed by atoms with Crippen molar-refractivity contribution in [2.45, 2.75) is 112 Å². The Morgan fingerprint density at radius 2 is 1.32 bits per heavy atom. The molecule has 8 atom stereocenters. The predicted octanol–water partition coefficient (Wildman–Crippen LogP) is 3.69. The van der Waals surface area contributed by atoms with Crippen molar-refractivity contribution in [2.75, 3.05) is 11.5 Å². The third-order valence-electron chi connectivity index (χ3n) is 12.9. The summed E-state index contributed by atoms with van der Waals surface area (Å²) >= 11 is 0. The SMILES string of the molecule is C/C=C/[C@@H](O)[C@@H](C)C(=O)N1[C@H]2CC3CC[C@@]2(CS1(=O)=O)C3(C)C.CCC(=O)N1[C@H]2CC3CC[C@@]2(CS1(=O)=O)C3(C)C. The summed E-state index contributed by atoms with van der Waals surface area (Å²) in [4.78, 5) is 24.9. The highest BCUT2D eigenvalue weighted by Gasteiger charge is 2.73. The maximum Gasteiger partial charge on any atom is 0.242 e. The molecule has 6 rings (SSSR count).